The fraction of sp³-hybridized carbons (Fsp3) is 0.409. The van der Waals surface area contributed by atoms with E-state index >= 15 is 0 Å². The number of para-hydroxylation sites is 1. The third kappa shape index (κ3) is 5.57. The molecular weight excluding hydrogens is 432 g/mol. The molecule has 2 aliphatic heterocycles. The number of morpholine rings is 1. The van der Waals surface area contributed by atoms with Gasteiger partial charge in [0, 0.05) is 31.9 Å². The van der Waals surface area contributed by atoms with Gasteiger partial charge in [0.05, 0.1) is 35.6 Å². The maximum Gasteiger partial charge on any atom is 0.323 e. The zero-order valence-corrected chi connectivity index (χ0v) is 18.6. The van der Waals surface area contributed by atoms with Crippen molar-refractivity contribution in [2.45, 2.75) is 23.8 Å². The molecule has 2 amide bonds. The van der Waals surface area contributed by atoms with Crippen LogP contribution >= 0.6 is 0 Å². The Morgan fingerprint density at radius 3 is 2.50 bits per heavy atom. The number of hydrogen-bond acceptors (Lipinski definition) is 6. The third-order valence-electron chi connectivity index (χ3n) is 5.42. The van der Waals surface area contributed by atoms with Crippen molar-refractivity contribution in [3.05, 3.63) is 48.5 Å². The molecule has 2 aliphatic rings. The highest BCUT2D eigenvalue weighted by Crippen LogP contribution is 2.28. The molecule has 2 saturated heterocycles. The normalized spacial score (nSPS) is 19.4. The first-order chi connectivity index (χ1) is 15.5. The quantitative estimate of drug-likeness (QED) is 0.586. The van der Waals surface area contributed by atoms with Gasteiger partial charge in [0.2, 0.25) is 10.0 Å². The van der Waals surface area contributed by atoms with Crippen LogP contribution in [0.1, 0.15) is 12.8 Å². The molecule has 0 spiro atoms. The topological polar surface area (TPSA) is 109 Å². The molecule has 172 valence electrons. The van der Waals surface area contributed by atoms with Crippen molar-refractivity contribution < 1.29 is 22.7 Å². The van der Waals surface area contributed by atoms with Gasteiger partial charge < -0.3 is 25.4 Å². The number of sulfonamides is 1. The van der Waals surface area contributed by atoms with E-state index in [9.17, 15) is 13.2 Å². The number of nitrogens with one attached hydrogen (secondary N) is 3. The minimum Gasteiger partial charge on any atom is -0.381 e. The van der Waals surface area contributed by atoms with E-state index in [0.717, 1.165) is 19.4 Å². The van der Waals surface area contributed by atoms with Gasteiger partial charge in [0.25, 0.3) is 0 Å². The van der Waals surface area contributed by atoms with Crippen LogP contribution in [0.2, 0.25) is 0 Å². The van der Waals surface area contributed by atoms with Crippen molar-refractivity contribution in [1.82, 2.24) is 4.31 Å². The fourth-order valence-corrected chi connectivity index (χ4v) is 5.15. The first-order valence-electron chi connectivity index (χ1n) is 10.7. The van der Waals surface area contributed by atoms with Crippen LogP contribution in [0.4, 0.5) is 21.9 Å². The Morgan fingerprint density at radius 2 is 1.78 bits per heavy atom. The molecule has 10 heteroatoms. The Kier molecular flexibility index (Phi) is 7.26. The average molecular weight is 461 g/mol. The summed E-state index contributed by atoms with van der Waals surface area (Å²) in [4.78, 5) is 12.7. The summed E-state index contributed by atoms with van der Waals surface area (Å²) in [5.41, 5.74) is 1.64. The highest BCUT2D eigenvalue weighted by atomic mass is 32.2. The number of nitrogens with zero attached hydrogens (tertiary/aromatic N) is 1. The van der Waals surface area contributed by atoms with E-state index in [1.54, 1.807) is 24.3 Å². The van der Waals surface area contributed by atoms with Crippen molar-refractivity contribution in [1.29, 1.82) is 0 Å². The van der Waals surface area contributed by atoms with Gasteiger partial charge in [-0.3, -0.25) is 0 Å². The predicted molar refractivity (Wildman–Crippen MR) is 123 cm³/mol. The summed E-state index contributed by atoms with van der Waals surface area (Å²) < 4.78 is 38.5. The summed E-state index contributed by atoms with van der Waals surface area (Å²) in [6.07, 6.45) is 2.08. The highest BCUT2D eigenvalue weighted by Gasteiger charge is 2.27. The number of hydrogen-bond donors (Lipinski definition) is 3. The molecule has 2 aromatic rings. The van der Waals surface area contributed by atoms with Gasteiger partial charge in [-0.1, -0.05) is 18.2 Å². The van der Waals surface area contributed by atoms with Crippen molar-refractivity contribution in [2.75, 3.05) is 55.4 Å². The van der Waals surface area contributed by atoms with Crippen LogP contribution in [0.5, 0.6) is 0 Å². The summed E-state index contributed by atoms with van der Waals surface area (Å²) in [6.45, 7) is 2.66. The highest BCUT2D eigenvalue weighted by molar-refractivity contribution is 7.89. The van der Waals surface area contributed by atoms with Crippen molar-refractivity contribution in [3.8, 4) is 0 Å². The molecule has 1 unspecified atom stereocenters. The summed E-state index contributed by atoms with van der Waals surface area (Å²) in [6, 6.07) is 13.3. The van der Waals surface area contributed by atoms with E-state index < -0.39 is 16.1 Å². The third-order valence-corrected chi connectivity index (χ3v) is 7.32. The van der Waals surface area contributed by atoms with Gasteiger partial charge in [0.1, 0.15) is 0 Å². The Bertz CT molecular complexity index is 1020. The van der Waals surface area contributed by atoms with Gasteiger partial charge in [-0.2, -0.15) is 4.31 Å². The molecule has 0 radical (unpaired) electrons. The summed E-state index contributed by atoms with van der Waals surface area (Å²) in [7, 11) is -3.70. The molecule has 0 saturated carbocycles. The lowest BCUT2D eigenvalue weighted by atomic mass is 10.2. The number of ether oxygens (including phenoxy) is 2. The van der Waals surface area contributed by atoms with Gasteiger partial charge in [0.15, 0.2) is 0 Å². The van der Waals surface area contributed by atoms with Crippen LogP contribution in [0.25, 0.3) is 0 Å². The van der Waals surface area contributed by atoms with Crippen LogP contribution in [0.15, 0.2) is 53.4 Å². The number of benzene rings is 2. The van der Waals surface area contributed by atoms with E-state index in [1.165, 1.54) is 10.4 Å². The second-order valence-electron chi connectivity index (χ2n) is 7.68. The minimum absolute atomic E-state index is 0.0951. The van der Waals surface area contributed by atoms with Gasteiger partial charge in [-0.05, 0) is 43.2 Å². The van der Waals surface area contributed by atoms with Crippen molar-refractivity contribution in [2.24, 2.45) is 0 Å². The number of amides is 2. The van der Waals surface area contributed by atoms with E-state index in [1.807, 2.05) is 18.2 Å². The molecule has 0 aromatic heterocycles. The molecule has 2 aromatic carbocycles. The van der Waals surface area contributed by atoms with Crippen LogP contribution in [0.3, 0.4) is 0 Å². The molecule has 2 fully saturated rings. The van der Waals surface area contributed by atoms with Crippen LogP contribution in [-0.4, -0.2) is 64.3 Å². The second-order valence-corrected chi connectivity index (χ2v) is 9.62. The van der Waals surface area contributed by atoms with Crippen molar-refractivity contribution in [3.63, 3.8) is 0 Å². The zero-order valence-electron chi connectivity index (χ0n) is 17.7. The molecule has 2 heterocycles. The first kappa shape index (κ1) is 22.5. The van der Waals surface area contributed by atoms with E-state index in [-0.39, 0.29) is 11.0 Å². The molecule has 1 atom stereocenters. The number of rotatable bonds is 7. The molecule has 0 aliphatic carbocycles. The lowest BCUT2D eigenvalue weighted by molar-refractivity contribution is 0.0730. The monoisotopic (exact) mass is 460 g/mol. The number of urea groups is 1. The number of carbonyl (C=O) groups is 1. The molecule has 4 rings (SSSR count). The summed E-state index contributed by atoms with van der Waals surface area (Å²) in [5, 5.41) is 8.83. The fourth-order valence-electron chi connectivity index (χ4n) is 3.71. The minimum atomic E-state index is -3.70. The molecule has 3 N–H and O–H groups in total. The van der Waals surface area contributed by atoms with Crippen LogP contribution < -0.4 is 16.0 Å². The van der Waals surface area contributed by atoms with E-state index in [4.69, 9.17) is 9.47 Å². The Morgan fingerprint density at radius 1 is 1.00 bits per heavy atom. The van der Waals surface area contributed by atoms with Gasteiger partial charge in [-0.15, -0.1) is 0 Å². The lowest BCUT2D eigenvalue weighted by Gasteiger charge is -2.26. The summed E-state index contributed by atoms with van der Waals surface area (Å²) in [5.74, 6) is 0. The smallest absolute Gasteiger partial charge is 0.323 e. The lowest BCUT2D eigenvalue weighted by Crippen LogP contribution is -2.40. The van der Waals surface area contributed by atoms with Crippen LogP contribution in [-0.2, 0) is 19.5 Å². The van der Waals surface area contributed by atoms with Gasteiger partial charge >= 0.3 is 6.03 Å². The standard InChI is InChI=1S/C22H28N4O5S/c27-22(24-17-5-2-1-3-6-17)25-21-15-19(32(28,29)26-10-13-30-14-11-26)8-9-20(21)23-16-18-7-4-12-31-18/h1-3,5-6,8-9,15,18,23H,4,7,10-14,16H2,(H2,24,25,27). The molecule has 9 nitrogen and oxygen atoms in total. The molecule has 32 heavy (non-hydrogen) atoms. The zero-order chi connectivity index (χ0) is 22.4. The van der Waals surface area contributed by atoms with E-state index in [0.29, 0.717) is 49.9 Å². The Hall–Kier alpha value is -2.66. The number of carbonyl (C=O) groups excluding carboxylic acids is 1. The maximum absolute atomic E-state index is 13.1. The SMILES string of the molecule is O=C(Nc1ccccc1)Nc1cc(S(=O)(=O)N2CCOCC2)ccc1NCC1CCCO1. The summed E-state index contributed by atoms with van der Waals surface area (Å²) >= 11 is 0. The Labute approximate surface area is 188 Å². The second kappa shape index (κ2) is 10.3. The van der Waals surface area contributed by atoms with Crippen molar-refractivity contribution >= 4 is 33.1 Å². The molecular formula is C22H28N4O5S. The maximum atomic E-state index is 13.1. The average Bonchev–Trinajstić information content (AvgIpc) is 3.33. The number of anilines is 3. The van der Waals surface area contributed by atoms with Crippen LogP contribution in [0, 0.1) is 0 Å². The molecule has 0 bridgehead atoms. The predicted octanol–water partition coefficient (Wildman–Crippen LogP) is 2.94. The van der Waals surface area contributed by atoms with Gasteiger partial charge in [-0.25, -0.2) is 13.2 Å². The Balaban J connectivity index is 1.55. The first-order valence-corrected chi connectivity index (χ1v) is 12.2. The van der Waals surface area contributed by atoms with E-state index in [2.05, 4.69) is 16.0 Å². The largest absolute Gasteiger partial charge is 0.381 e.